The van der Waals surface area contributed by atoms with Gasteiger partial charge >= 0.3 is 0 Å². The van der Waals surface area contributed by atoms with Gasteiger partial charge in [0.2, 0.25) is 0 Å². The van der Waals surface area contributed by atoms with Crippen LogP contribution in [0.3, 0.4) is 0 Å². The highest BCUT2D eigenvalue weighted by atomic mass is 35.5. The van der Waals surface area contributed by atoms with E-state index in [1.165, 1.54) is 0 Å². The van der Waals surface area contributed by atoms with Crippen molar-refractivity contribution < 1.29 is 0 Å². The van der Waals surface area contributed by atoms with E-state index >= 15 is 0 Å². The Hall–Kier alpha value is -0.540. The number of rotatable bonds is 3. The molecule has 14 heavy (non-hydrogen) atoms. The van der Waals surface area contributed by atoms with Crippen LogP contribution in [-0.4, -0.2) is 16.3 Å². The molecule has 0 radical (unpaired) electrons. The SMILES string of the molecule is Cc1nn(CC(C)(C)CN)c(C)c1Cl. The van der Waals surface area contributed by atoms with Crippen LogP contribution in [0.1, 0.15) is 25.2 Å². The molecule has 0 aliphatic carbocycles. The first kappa shape index (κ1) is 11.5. The quantitative estimate of drug-likeness (QED) is 0.840. The van der Waals surface area contributed by atoms with Gasteiger partial charge in [-0.2, -0.15) is 5.10 Å². The van der Waals surface area contributed by atoms with Gasteiger partial charge in [0.05, 0.1) is 16.4 Å². The largest absolute Gasteiger partial charge is 0.330 e. The predicted molar refractivity (Wildman–Crippen MR) is 59.5 cm³/mol. The predicted octanol–water partition coefficient (Wildman–Crippen LogP) is 2.14. The van der Waals surface area contributed by atoms with Crippen LogP contribution < -0.4 is 5.73 Å². The summed E-state index contributed by atoms with van der Waals surface area (Å²) in [5, 5.41) is 5.13. The minimum absolute atomic E-state index is 0.0621. The summed E-state index contributed by atoms with van der Waals surface area (Å²) in [7, 11) is 0. The Morgan fingerprint density at radius 1 is 1.43 bits per heavy atom. The number of halogens is 1. The second kappa shape index (κ2) is 3.91. The standard InChI is InChI=1S/C10H18ClN3/c1-7-9(11)8(2)14(13-7)6-10(3,4)5-12/h5-6,12H2,1-4H3. The topological polar surface area (TPSA) is 43.8 Å². The van der Waals surface area contributed by atoms with Crippen molar-refractivity contribution in [2.24, 2.45) is 11.1 Å². The Labute approximate surface area is 90.2 Å². The summed E-state index contributed by atoms with van der Waals surface area (Å²) < 4.78 is 1.94. The van der Waals surface area contributed by atoms with Crippen molar-refractivity contribution in [1.82, 2.24) is 9.78 Å². The van der Waals surface area contributed by atoms with E-state index in [0.717, 1.165) is 23.0 Å². The lowest BCUT2D eigenvalue weighted by Gasteiger charge is -2.22. The van der Waals surface area contributed by atoms with E-state index in [0.29, 0.717) is 6.54 Å². The van der Waals surface area contributed by atoms with E-state index in [4.69, 9.17) is 17.3 Å². The summed E-state index contributed by atoms with van der Waals surface area (Å²) in [6.45, 7) is 9.59. The summed E-state index contributed by atoms with van der Waals surface area (Å²) >= 11 is 6.06. The summed E-state index contributed by atoms with van der Waals surface area (Å²) in [4.78, 5) is 0. The molecule has 1 rings (SSSR count). The van der Waals surface area contributed by atoms with Gasteiger partial charge in [0.25, 0.3) is 0 Å². The van der Waals surface area contributed by atoms with Crippen molar-refractivity contribution in [1.29, 1.82) is 0 Å². The summed E-state index contributed by atoms with van der Waals surface area (Å²) in [6.07, 6.45) is 0. The Morgan fingerprint density at radius 2 is 2.00 bits per heavy atom. The van der Waals surface area contributed by atoms with E-state index < -0.39 is 0 Å². The monoisotopic (exact) mass is 215 g/mol. The fourth-order valence-corrected chi connectivity index (χ4v) is 1.43. The number of nitrogens with zero attached hydrogens (tertiary/aromatic N) is 2. The lowest BCUT2D eigenvalue weighted by atomic mass is 9.94. The molecule has 0 amide bonds. The van der Waals surface area contributed by atoms with Crippen LogP contribution in [0.5, 0.6) is 0 Å². The van der Waals surface area contributed by atoms with Crippen LogP contribution in [-0.2, 0) is 6.54 Å². The molecule has 0 fully saturated rings. The van der Waals surface area contributed by atoms with Crippen molar-refractivity contribution in [3.63, 3.8) is 0 Å². The normalized spacial score (nSPS) is 12.1. The third kappa shape index (κ3) is 2.28. The first-order chi connectivity index (χ1) is 6.37. The third-order valence-electron chi connectivity index (χ3n) is 2.42. The first-order valence-electron chi connectivity index (χ1n) is 4.77. The Morgan fingerprint density at radius 3 is 2.36 bits per heavy atom. The van der Waals surface area contributed by atoms with E-state index in [1.807, 2.05) is 18.5 Å². The van der Waals surface area contributed by atoms with Gasteiger partial charge in [0.1, 0.15) is 0 Å². The molecule has 0 saturated carbocycles. The average molecular weight is 216 g/mol. The summed E-state index contributed by atoms with van der Waals surface area (Å²) in [6, 6.07) is 0. The molecule has 2 N–H and O–H groups in total. The van der Waals surface area contributed by atoms with Crippen LogP contribution in [0.2, 0.25) is 5.02 Å². The second-order valence-electron chi connectivity index (χ2n) is 4.51. The average Bonchev–Trinajstić information content (AvgIpc) is 2.33. The van der Waals surface area contributed by atoms with Gasteiger partial charge < -0.3 is 5.73 Å². The molecule has 0 aliphatic rings. The summed E-state index contributed by atoms with van der Waals surface area (Å²) in [5.74, 6) is 0. The molecule has 0 aromatic carbocycles. The number of nitrogens with two attached hydrogens (primary N) is 1. The maximum Gasteiger partial charge on any atom is 0.0844 e. The fraction of sp³-hybridized carbons (Fsp3) is 0.700. The molecule has 0 spiro atoms. The van der Waals surface area contributed by atoms with Crippen molar-refractivity contribution in [2.45, 2.75) is 34.2 Å². The molecule has 1 heterocycles. The molecule has 0 saturated heterocycles. The molecule has 1 aromatic heterocycles. The van der Waals surface area contributed by atoms with E-state index in [-0.39, 0.29) is 5.41 Å². The van der Waals surface area contributed by atoms with Gasteiger partial charge in [0.15, 0.2) is 0 Å². The van der Waals surface area contributed by atoms with Gasteiger partial charge in [-0.15, -0.1) is 0 Å². The minimum Gasteiger partial charge on any atom is -0.330 e. The van der Waals surface area contributed by atoms with Crippen LogP contribution >= 0.6 is 11.6 Å². The zero-order chi connectivity index (χ0) is 10.9. The highest BCUT2D eigenvalue weighted by Gasteiger charge is 2.19. The van der Waals surface area contributed by atoms with Crippen molar-refractivity contribution in [2.75, 3.05) is 6.54 Å². The lowest BCUT2D eigenvalue weighted by molar-refractivity contribution is 0.298. The van der Waals surface area contributed by atoms with Gasteiger partial charge in [-0.1, -0.05) is 25.4 Å². The number of hydrogen-bond donors (Lipinski definition) is 1. The third-order valence-corrected chi connectivity index (χ3v) is 2.97. The van der Waals surface area contributed by atoms with Crippen molar-refractivity contribution in [3.8, 4) is 0 Å². The Bertz CT molecular complexity index is 328. The number of hydrogen-bond acceptors (Lipinski definition) is 2. The smallest absolute Gasteiger partial charge is 0.0844 e. The maximum atomic E-state index is 6.06. The zero-order valence-electron chi connectivity index (χ0n) is 9.26. The lowest BCUT2D eigenvalue weighted by Crippen LogP contribution is -2.29. The van der Waals surface area contributed by atoms with E-state index in [1.54, 1.807) is 0 Å². The molecule has 0 aliphatic heterocycles. The Balaban J connectivity index is 2.93. The second-order valence-corrected chi connectivity index (χ2v) is 4.89. The highest BCUT2D eigenvalue weighted by Crippen LogP contribution is 2.23. The van der Waals surface area contributed by atoms with Crippen molar-refractivity contribution >= 4 is 11.6 Å². The number of aryl methyl sites for hydroxylation is 1. The zero-order valence-corrected chi connectivity index (χ0v) is 10.0. The fourth-order valence-electron chi connectivity index (χ4n) is 1.30. The molecule has 0 bridgehead atoms. The van der Waals surface area contributed by atoms with Crippen LogP contribution in [0.25, 0.3) is 0 Å². The summed E-state index contributed by atoms with van der Waals surface area (Å²) in [5.41, 5.74) is 7.64. The van der Waals surface area contributed by atoms with Gasteiger partial charge in [-0.3, -0.25) is 4.68 Å². The molecule has 0 atom stereocenters. The maximum absolute atomic E-state index is 6.06. The molecule has 3 nitrogen and oxygen atoms in total. The minimum atomic E-state index is 0.0621. The van der Waals surface area contributed by atoms with Gasteiger partial charge in [-0.05, 0) is 25.8 Å². The molecular formula is C10H18ClN3. The van der Waals surface area contributed by atoms with Gasteiger partial charge in [0, 0.05) is 6.54 Å². The molecule has 4 heteroatoms. The molecular weight excluding hydrogens is 198 g/mol. The van der Waals surface area contributed by atoms with Gasteiger partial charge in [-0.25, -0.2) is 0 Å². The van der Waals surface area contributed by atoms with E-state index in [9.17, 15) is 0 Å². The molecule has 0 unspecified atom stereocenters. The molecule has 80 valence electrons. The Kier molecular flexibility index (Phi) is 3.22. The van der Waals surface area contributed by atoms with Crippen LogP contribution in [0.15, 0.2) is 0 Å². The van der Waals surface area contributed by atoms with E-state index in [2.05, 4.69) is 18.9 Å². The van der Waals surface area contributed by atoms with Crippen LogP contribution in [0, 0.1) is 19.3 Å². The first-order valence-corrected chi connectivity index (χ1v) is 5.15. The molecule has 1 aromatic rings. The highest BCUT2D eigenvalue weighted by molar-refractivity contribution is 6.31. The van der Waals surface area contributed by atoms with Crippen LogP contribution in [0.4, 0.5) is 0 Å². The number of aromatic nitrogens is 2. The van der Waals surface area contributed by atoms with Crippen molar-refractivity contribution in [3.05, 3.63) is 16.4 Å².